The summed E-state index contributed by atoms with van der Waals surface area (Å²) in [7, 11) is 0. The van der Waals surface area contributed by atoms with Crippen molar-refractivity contribution in [3.05, 3.63) is 52.5 Å². The molecule has 0 bridgehead atoms. The molecule has 1 aliphatic heterocycles. The lowest BCUT2D eigenvalue weighted by atomic mass is 10.0. The number of nitrogens with one attached hydrogen (secondary N) is 1. The molecule has 0 fully saturated rings. The van der Waals surface area contributed by atoms with E-state index in [1.54, 1.807) is 12.1 Å². The number of fused-ring (bicyclic) bond motifs is 1. The Kier molecular flexibility index (Phi) is 6.59. The van der Waals surface area contributed by atoms with E-state index in [1.807, 2.05) is 19.9 Å². The van der Waals surface area contributed by atoms with Crippen LogP contribution in [0.3, 0.4) is 0 Å². The molecule has 0 aliphatic carbocycles. The van der Waals surface area contributed by atoms with E-state index < -0.39 is 41.3 Å². The summed E-state index contributed by atoms with van der Waals surface area (Å²) in [5.74, 6) is -0.698. The minimum atomic E-state index is -4.68. The van der Waals surface area contributed by atoms with E-state index in [9.17, 15) is 22.8 Å². The van der Waals surface area contributed by atoms with Gasteiger partial charge in [-0.2, -0.15) is 13.2 Å². The van der Waals surface area contributed by atoms with E-state index in [2.05, 4.69) is 5.32 Å². The third-order valence-electron chi connectivity index (χ3n) is 4.62. The maximum atomic E-state index is 13.0. The maximum absolute atomic E-state index is 13.0. The van der Waals surface area contributed by atoms with Crippen molar-refractivity contribution < 1.29 is 37.0 Å². The van der Waals surface area contributed by atoms with Gasteiger partial charge in [0.1, 0.15) is 5.60 Å². The second-order valence-corrected chi connectivity index (χ2v) is 8.29. The zero-order chi connectivity index (χ0) is 23.7. The SMILES string of the molecule is CC(OC(=O)COc1cccc2c1OC(C)(C)C2)C(=O)Nc1ccc(Cl)c(C(F)(F)F)c1. The lowest BCUT2D eigenvalue weighted by Crippen LogP contribution is -2.31. The molecule has 172 valence electrons. The van der Waals surface area contributed by atoms with Crippen LogP contribution in [-0.4, -0.2) is 30.2 Å². The smallest absolute Gasteiger partial charge is 0.417 e. The van der Waals surface area contributed by atoms with E-state index in [0.29, 0.717) is 24.0 Å². The van der Waals surface area contributed by atoms with Gasteiger partial charge in [0.2, 0.25) is 0 Å². The average Bonchev–Trinajstić information content (AvgIpc) is 3.01. The summed E-state index contributed by atoms with van der Waals surface area (Å²) in [5, 5.41) is 1.77. The molecule has 1 aliphatic rings. The molecule has 1 N–H and O–H groups in total. The Balaban J connectivity index is 1.56. The van der Waals surface area contributed by atoms with Crippen LogP contribution in [0.25, 0.3) is 0 Å². The second-order valence-electron chi connectivity index (χ2n) is 7.89. The van der Waals surface area contributed by atoms with Crippen LogP contribution in [0.15, 0.2) is 36.4 Å². The number of ether oxygens (including phenoxy) is 3. The molecule has 1 amide bonds. The molecule has 10 heteroatoms. The molecule has 2 aromatic rings. The zero-order valence-corrected chi connectivity index (χ0v) is 18.3. The third-order valence-corrected chi connectivity index (χ3v) is 4.95. The molecule has 1 atom stereocenters. The number of benzene rings is 2. The van der Waals surface area contributed by atoms with E-state index in [1.165, 1.54) is 13.0 Å². The van der Waals surface area contributed by atoms with Gasteiger partial charge < -0.3 is 19.5 Å². The number of esters is 1. The predicted molar refractivity (Wildman–Crippen MR) is 111 cm³/mol. The minimum Gasteiger partial charge on any atom is -0.483 e. The number of amides is 1. The highest BCUT2D eigenvalue weighted by atomic mass is 35.5. The van der Waals surface area contributed by atoms with Crippen molar-refractivity contribution in [2.24, 2.45) is 0 Å². The van der Waals surface area contributed by atoms with Crippen LogP contribution in [-0.2, 0) is 26.9 Å². The molecule has 3 rings (SSSR count). The lowest BCUT2D eigenvalue weighted by molar-refractivity contribution is -0.155. The number of hydrogen-bond acceptors (Lipinski definition) is 5. The second kappa shape index (κ2) is 8.90. The van der Waals surface area contributed by atoms with Gasteiger partial charge in [-0.15, -0.1) is 0 Å². The number of alkyl halides is 3. The molecule has 0 radical (unpaired) electrons. The van der Waals surface area contributed by atoms with Crippen molar-refractivity contribution in [3.63, 3.8) is 0 Å². The van der Waals surface area contributed by atoms with Crippen LogP contribution in [0.4, 0.5) is 18.9 Å². The molecule has 1 heterocycles. The van der Waals surface area contributed by atoms with Gasteiger partial charge in [-0.1, -0.05) is 23.7 Å². The summed E-state index contributed by atoms with van der Waals surface area (Å²) < 4.78 is 55.2. The zero-order valence-electron chi connectivity index (χ0n) is 17.5. The summed E-state index contributed by atoms with van der Waals surface area (Å²) >= 11 is 5.56. The summed E-state index contributed by atoms with van der Waals surface area (Å²) in [4.78, 5) is 24.3. The van der Waals surface area contributed by atoms with Gasteiger partial charge in [0.25, 0.3) is 5.91 Å². The van der Waals surface area contributed by atoms with Crippen molar-refractivity contribution in [2.75, 3.05) is 11.9 Å². The number of para-hydroxylation sites is 1. The summed E-state index contributed by atoms with van der Waals surface area (Å²) in [6.07, 6.45) is -5.25. The number of carbonyl (C=O) groups excluding carboxylic acids is 2. The first-order chi connectivity index (χ1) is 14.9. The maximum Gasteiger partial charge on any atom is 0.417 e. The van der Waals surface area contributed by atoms with Crippen LogP contribution >= 0.6 is 11.6 Å². The summed E-state index contributed by atoms with van der Waals surface area (Å²) in [5.41, 5.74) is -0.654. The highest BCUT2D eigenvalue weighted by Gasteiger charge is 2.34. The predicted octanol–water partition coefficient (Wildman–Crippen LogP) is 5.02. The van der Waals surface area contributed by atoms with Crippen molar-refractivity contribution in [1.82, 2.24) is 0 Å². The van der Waals surface area contributed by atoms with Crippen LogP contribution in [0.5, 0.6) is 11.5 Å². The van der Waals surface area contributed by atoms with E-state index in [0.717, 1.165) is 11.6 Å². The number of carbonyl (C=O) groups is 2. The van der Waals surface area contributed by atoms with Crippen LogP contribution < -0.4 is 14.8 Å². The van der Waals surface area contributed by atoms with Crippen molar-refractivity contribution >= 4 is 29.2 Å². The quantitative estimate of drug-likeness (QED) is 0.599. The molecule has 0 spiro atoms. The van der Waals surface area contributed by atoms with Crippen LogP contribution in [0.1, 0.15) is 31.9 Å². The van der Waals surface area contributed by atoms with Gasteiger partial charge in [0, 0.05) is 17.7 Å². The number of hydrogen-bond donors (Lipinski definition) is 1. The molecule has 1 unspecified atom stereocenters. The summed E-state index contributed by atoms with van der Waals surface area (Å²) in [6, 6.07) is 8.28. The fraction of sp³-hybridized carbons (Fsp3) is 0.364. The van der Waals surface area contributed by atoms with Crippen molar-refractivity contribution in [2.45, 2.75) is 45.1 Å². The van der Waals surface area contributed by atoms with Crippen molar-refractivity contribution in [1.29, 1.82) is 0 Å². The molecular formula is C22H21ClF3NO5. The largest absolute Gasteiger partial charge is 0.483 e. The van der Waals surface area contributed by atoms with Gasteiger partial charge in [-0.05, 0) is 45.0 Å². The topological polar surface area (TPSA) is 73.9 Å². The molecule has 0 aromatic heterocycles. The van der Waals surface area contributed by atoms with Gasteiger partial charge in [-0.25, -0.2) is 4.79 Å². The fourth-order valence-corrected chi connectivity index (χ4v) is 3.41. The minimum absolute atomic E-state index is 0.134. The van der Waals surface area contributed by atoms with Gasteiger partial charge in [0.15, 0.2) is 24.2 Å². The fourth-order valence-electron chi connectivity index (χ4n) is 3.19. The highest BCUT2D eigenvalue weighted by molar-refractivity contribution is 6.31. The van der Waals surface area contributed by atoms with Gasteiger partial charge in [0.05, 0.1) is 10.6 Å². The van der Waals surface area contributed by atoms with Gasteiger partial charge in [-0.3, -0.25) is 4.79 Å². The first-order valence-electron chi connectivity index (χ1n) is 9.66. The van der Waals surface area contributed by atoms with E-state index in [-0.39, 0.29) is 11.3 Å². The van der Waals surface area contributed by atoms with Gasteiger partial charge >= 0.3 is 12.1 Å². The molecule has 0 saturated carbocycles. The van der Waals surface area contributed by atoms with Crippen LogP contribution in [0, 0.1) is 0 Å². The van der Waals surface area contributed by atoms with Crippen LogP contribution in [0.2, 0.25) is 5.02 Å². The lowest BCUT2D eigenvalue weighted by Gasteiger charge is -2.18. The Bertz CT molecular complexity index is 1040. The Morgan fingerprint density at radius 3 is 2.66 bits per heavy atom. The van der Waals surface area contributed by atoms with E-state index in [4.69, 9.17) is 25.8 Å². The first kappa shape index (κ1) is 23.7. The Morgan fingerprint density at radius 1 is 1.25 bits per heavy atom. The Hall–Kier alpha value is -2.94. The monoisotopic (exact) mass is 471 g/mol. The molecular weight excluding hydrogens is 451 g/mol. The third kappa shape index (κ3) is 5.64. The average molecular weight is 472 g/mol. The first-order valence-corrected chi connectivity index (χ1v) is 10.0. The number of anilines is 1. The number of rotatable bonds is 6. The normalized spacial score (nSPS) is 15.3. The Morgan fingerprint density at radius 2 is 1.97 bits per heavy atom. The highest BCUT2D eigenvalue weighted by Crippen LogP contribution is 2.41. The molecule has 2 aromatic carbocycles. The molecule has 6 nitrogen and oxygen atoms in total. The Labute approximate surface area is 187 Å². The van der Waals surface area contributed by atoms with Crippen molar-refractivity contribution in [3.8, 4) is 11.5 Å². The molecule has 32 heavy (non-hydrogen) atoms. The number of halogens is 4. The standard InChI is InChI=1S/C22H21ClF3NO5/c1-12(20(29)27-14-7-8-16(23)15(9-14)22(24,25)26)31-18(28)11-30-17-6-4-5-13-10-21(2,3)32-19(13)17/h4-9,12H,10-11H2,1-3H3,(H,27,29). The summed E-state index contributed by atoms with van der Waals surface area (Å²) in [6.45, 7) is 4.68. The van der Waals surface area contributed by atoms with E-state index >= 15 is 0 Å². The molecule has 0 saturated heterocycles.